The van der Waals surface area contributed by atoms with E-state index < -0.39 is 0 Å². The number of rotatable bonds is 0. The topological polar surface area (TPSA) is 41.6 Å². The van der Waals surface area contributed by atoms with Gasteiger partial charge in [-0.3, -0.25) is 0 Å². The summed E-state index contributed by atoms with van der Waals surface area (Å²) < 4.78 is 0. The number of hydrogen-bond acceptors (Lipinski definition) is 2. The number of aryl methyl sites for hydroxylation is 1. The van der Waals surface area contributed by atoms with Crippen LogP contribution in [0.4, 0.5) is 0 Å². The SMILES string of the molecule is CC.Cc1c[nH]c2nc(Cl)ncc12. The van der Waals surface area contributed by atoms with Crippen molar-refractivity contribution in [3.8, 4) is 0 Å². The van der Waals surface area contributed by atoms with Crippen LogP contribution >= 0.6 is 11.6 Å². The van der Waals surface area contributed by atoms with Crippen molar-refractivity contribution in [3.05, 3.63) is 23.2 Å². The zero-order valence-corrected chi connectivity index (χ0v) is 8.68. The number of halogens is 1. The number of fused-ring (bicyclic) bond motifs is 1. The van der Waals surface area contributed by atoms with Gasteiger partial charge in [0.25, 0.3) is 0 Å². The Morgan fingerprint density at radius 2 is 2.08 bits per heavy atom. The van der Waals surface area contributed by atoms with Gasteiger partial charge in [-0.1, -0.05) is 13.8 Å². The zero-order valence-electron chi connectivity index (χ0n) is 7.93. The molecule has 70 valence electrons. The Morgan fingerprint density at radius 1 is 1.38 bits per heavy atom. The molecule has 2 aromatic heterocycles. The van der Waals surface area contributed by atoms with Crippen molar-refractivity contribution in [2.45, 2.75) is 20.8 Å². The van der Waals surface area contributed by atoms with Gasteiger partial charge in [0.2, 0.25) is 5.28 Å². The predicted molar refractivity (Wildman–Crippen MR) is 55.0 cm³/mol. The minimum atomic E-state index is 0.277. The molecule has 0 aromatic carbocycles. The lowest BCUT2D eigenvalue weighted by molar-refractivity contribution is 1.20. The van der Waals surface area contributed by atoms with Gasteiger partial charge in [0, 0.05) is 17.8 Å². The van der Waals surface area contributed by atoms with Crippen molar-refractivity contribution >= 4 is 22.6 Å². The fourth-order valence-corrected chi connectivity index (χ4v) is 1.15. The zero-order chi connectivity index (χ0) is 9.84. The highest BCUT2D eigenvalue weighted by atomic mass is 35.5. The summed E-state index contributed by atoms with van der Waals surface area (Å²) in [6.45, 7) is 6.00. The standard InChI is InChI=1S/C7H6ClN3.C2H6/c1-4-2-9-6-5(4)3-10-7(8)11-6;1-2/h2-3H,1H3,(H,9,10,11);1-2H3. The van der Waals surface area contributed by atoms with Crippen LogP contribution in [0, 0.1) is 6.92 Å². The van der Waals surface area contributed by atoms with Crippen LogP contribution in [0.25, 0.3) is 11.0 Å². The maximum Gasteiger partial charge on any atom is 0.224 e. The van der Waals surface area contributed by atoms with Crippen molar-refractivity contribution in [1.29, 1.82) is 0 Å². The lowest BCUT2D eigenvalue weighted by atomic mass is 10.3. The molecule has 0 aliphatic heterocycles. The van der Waals surface area contributed by atoms with E-state index in [0.717, 1.165) is 16.6 Å². The van der Waals surface area contributed by atoms with Crippen LogP contribution in [-0.4, -0.2) is 15.0 Å². The highest BCUT2D eigenvalue weighted by Gasteiger charge is 2.00. The fourth-order valence-electron chi connectivity index (χ4n) is 1.01. The molecule has 0 bridgehead atoms. The summed E-state index contributed by atoms with van der Waals surface area (Å²) in [7, 11) is 0. The Labute approximate surface area is 82.2 Å². The van der Waals surface area contributed by atoms with Crippen molar-refractivity contribution in [1.82, 2.24) is 15.0 Å². The van der Waals surface area contributed by atoms with Crippen LogP contribution < -0.4 is 0 Å². The fraction of sp³-hybridized carbons (Fsp3) is 0.333. The molecule has 2 heterocycles. The summed E-state index contributed by atoms with van der Waals surface area (Å²) in [5.41, 5.74) is 1.93. The summed E-state index contributed by atoms with van der Waals surface area (Å²) in [4.78, 5) is 10.9. The number of nitrogens with one attached hydrogen (secondary N) is 1. The molecule has 0 unspecified atom stereocenters. The van der Waals surface area contributed by atoms with Gasteiger partial charge in [-0.15, -0.1) is 0 Å². The van der Waals surface area contributed by atoms with Crippen molar-refractivity contribution in [3.63, 3.8) is 0 Å². The van der Waals surface area contributed by atoms with E-state index in [2.05, 4.69) is 15.0 Å². The highest BCUT2D eigenvalue weighted by Crippen LogP contribution is 2.14. The van der Waals surface area contributed by atoms with Crippen LogP contribution in [-0.2, 0) is 0 Å². The normalized spacial score (nSPS) is 9.54. The molecular formula is C9H12ClN3. The molecule has 0 fully saturated rings. The van der Waals surface area contributed by atoms with E-state index in [1.807, 2.05) is 27.0 Å². The Bertz CT molecular complexity index is 395. The molecule has 0 radical (unpaired) electrons. The Balaban J connectivity index is 0.000000396. The molecule has 1 N–H and O–H groups in total. The van der Waals surface area contributed by atoms with E-state index in [1.54, 1.807) is 6.20 Å². The van der Waals surface area contributed by atoms with Gasteiger partial charge in [0.1, 0.15) is 5.65 Å². The van der Waals surface area contributed by atoms with Gasteiger partial charge in [0.05, 0.1) is 0 Å². The average Bonchev–Trinajstić information content (AvgIpc) is 2.51. The van der Waals surface area contributed by atoms with Crippen molar-refractivity contribution in [2.75, 3.05) is 0 Å². The van der Waals surface area contributed by atoms with E-state index >= 15 is 0 Å². The number of aromatic amines is 1. The van der Waals surface area contributed by atoms with Gasteiger partial charge in [0.15, 0.2) is 0 Å². The third-order valence-corrected chi connectivity index (χ3v) is 1.79. The first kappa shape index (κ1) is 9.99. The first-order valence-electron chi connectivity index (χ1n) is 4.23. The molecule has 0 spiro atoms. The van der Waals surface area contributed by atoms with Gasteiger partial charge in [-0.25, -0.2) is 4.98 Å². The molecule has 0 aliphatic carbocycles. The van der Waals surface area contributed by atoms with Gasteiger partial charge in [-0.2, -0.15) is 4.98 Å². The second-order valence-corrected chi connectivity index (χ2v) is 2.71. The maximum atomic E-state index is 5.59. The maximum absolute atomic E-state index is 5.59. The van der Waals surface area contributed by atoms with Crippen LogP contribution in [0.15, 0.2) is 12.4 Å². The summed E-state index contributed by atoms with van der Waals surface area (Å²) in [6.07, 6.45) is 3.60. The van der Waals surface area contributed by atoms with Crippen LogP contribution in [0.5, 0.6) is 0 Å². The van der Waals surface area contributed by atoms with E-state index in [9.17, 15) is 0 Å². The van der Waals surface area contributed by atoms with Gasteiger partial charge < -0.3 is 4.98 Å². The molecule has 4 heteroatoms. The highest BCUT2D eigenvalue weighted by molar-refractivity contribution is 6.28. The van der Waals surface area contributed by atoms with Crippen LogP contribution in [0.2, 0.25) is 5.28 Å². The lowest BCUT2D eigenvalue weighted by Crippen LogP contribution is -1.81. The molecule has 2 rings (SSSR count). The number of H-pyrrole nitrogens is 1. The largest absolute Gasteiger partial charge is 0.346 e. The molecule has 2 aromatic rings. The lowest BCUT2D eigenvalue weighted by Gasteiger charge is -1.89. The van der Waals surface area contributed by atoms with Crippen LogP contribution in [0.1, 0.15) is 19.4 Å². The number of nitrogens with zero attached hydrogens (tertiary/aromatic N) is 2. The quantitative estimate of drug-likeness (QED) is 0.660. The predicted octanol–water partition coefficient (Wildman–Crippen LogP) is 2.95. The monoisotopic (exact) mass is 197 g/mol. The molecule has 0 aliphatic rings. The second-order valence-electron chi connectivity index (χ2n) is 2.37. The molecule has 0 atom stereocenters. The second kappa shape index (κ2) is 4.23. The molecular weight excluding hydrogens is 186 g/mol. The first-order valence-corrected chi connectivity index (χ1v) is 4.61. The van der Waals surface area contributed by atoms with Crippen LogP contribution in [0.3, 0.4) is 0 Å². The molecule has 0 saturated carbocycles. The first-order chi connectivity index (χ1) is 6.27. The summed E-state index contributed by atoms with van der Waals surface area (Å²) >= 11 is 5.59. The third-order valence-electron chi connectivity index (χ3n) is 1.61. The molecule has 0 amide bonds. The van der Waals surface area contributed by atoms with E-state index in [1.165, 1.54) is 0 Å². The minimum Gasteiger partial charge on any atom is -0.346 e. The summed E-state index contributed by atoms with van der Waals surface area (Å²) in [6, 6.07) is 0. The molecule has 0 saturated heterocycles. The molecule has 13 heavy (non-hydrogen) atoms. The van der Waals surface area contributed by atoms with Crippen molar-refractivity contribution < 1.29 is 0 Å². The summed E-state index contributed by atoms with van der Waals surface area (Å²) in [5, 5.41) is 1.30. The van der Waals surface area contributed by atoms with Gasteiger partial charge >= 0.3 is 0 Å². The Morgan fingerprint density at radius 3 is 2.77 bits per heavy atom. The van der Waals surface area contributed by atoms with Crippen molar-refractivity contribution in [2.24, 2.45) is 0 Å². The third kappa shape index (κ3) is 1.98. The van der Waals surface area contributed by atoms with Gasteiger partial charge in [-0.05, 0) is 24.1 Å². The van der Waals surface area contributed by atoms with E-state index in [4.69, 9.17) is 11.6 Å². The average molecular weight is 198 g/mol. The Kier molecular flexibility index (Phi) is 3.25. The smallest absolute Gasteiger partial charge is 0.224 e. The Hall–Kier alpha value is -1.09. The summed E-state index contributed by atoms with van der Waals surface area (Å²) in [5.74, 6) is 0. The number of hydrogen-bond donors (Lipinski definition) is 1. The molecule has 3 nitrogen and oxygen atoms in total. The van der Waals surface area contributed by atoms with E-state index in [0.29, 0.717) is 0 Å². The number of aromatic nitrogens is 3. The minimum absolute atomic E-state index is 0.277. The van der Waals surface area contributed by atoms with E-state index in [-0.39, 0.29) is 5.28 Å².